The molecular weight excluding hydrogens is 617 g/mol. The first-order valence-electron chi connectivity index (χ1n) is 13.0. The van der Waals surface area contributed by atoms with Gasteiger partial charge in [0.1, 0.15) is 0 Å². The first kappa shape index (κ1) is 30.4. The fraction of sp³-hybridized carbons (Fsp3) is 0.179. The highest BCUT2D eigenvalue weighted by Crippen LogP contribution is 2.37. The number of fused-ring (bicyclic) bond motifs is 1. The Kier molecular flexibility index (Phi) is 8.64. The average molecular weight is 644 g/mol. The fourth-order valence-corrected chi connectivity index (χ4v) is 8.58. The van der Waals surface area contributed by atoms with Crippen molar-refractivity contribution in [3.05, 3.63) is 93.9 Å². The number of pyridine rings is 1. The lowest BCUT2D eigenvalue weighted by Gasteiger charge is -2.20. The first-order valence-corrected chi connectivity index (χ1v) is 17.1. The van der Waals surface area contributed by atoms with Crippen molar-refractivity contribution in [2.45, 2.75) is 30.1 Å². The van der Waals surface area contributed by atoms with Gasteiger partial charge in [0.2, 0.25) is 10.0 Å². The summed E-state index contributed by atoms with van der Waals surface area (Å²) >= 11 is 7.89. The molecule has 0 unspecified atom stereocenters. The molecule has 14 heteroatoms. The number of aromatic nitrogens is 2. The highest BCUT2D eigenvalue weighted by atomic mass is 35.5. The maximum absolute atomic E-state index is 13.7. The van der Waals surface area contributed by atoms with E-state index in [1.54, 1.807) is 48.7 Å². The second-order valence-corrected chi connectivity index (χ2v) is 14.8. The van der Waals surface area contributed by atoms with E-state index in [1.807, 2.05) is 6.92 Å². The van der Waals surface area contributed by atoms with Gasteiger partial charge in [0.15, 0.2) is 5.65 Å². The number of halogens is 1. The molecule has 0 saturated heterocycles. The van der Waals surface area contributed by atoms with E-state index in [-0.39, 0.29) is 33.6 Å². The summed E-state index contributed by atoms with van der Waals surface area (Å²) in [5.41, 5.74) is 2.30. The van der Waals surface area contributed by atoms with Crippen molar-refractivity contribution >= 4 is 66.6 Å². The molecule has 2 aromatic carbocycles. The van der Waals surface area contributed by atoms with E-state index in [2.05, 4.69) is 4.98 Å². The molecule has 218 valence electrons. The van der Waals surface area contributed by atoms with Crippen molar-refractivity contribution in [1.82, 2.24) is 13.3 Å². The standard InChI is InChI=1S/C28H27BClN3O6S3/c1-3-32(14-12-22-16-21(18-40-22)29(34)35)41(36,37)24-6-4-5-20(15-24)25-17-33(28-27(25)26(30)11-13-31-28)42(38,39)23-9-7-19(2)8-10-23/h4-11,13,15-18,34-35H,3,12,14H2,1-2H3. The Hall–Kier alpha value is -3.04. The molecule has 0 spiro atoms. The van der Waals surface area contributed by atoms with Gasteiger partial charge in [-0.1, -0.05) is 48.4 Å². The summed E-state index contributed by atoms with van der Waals surface area (Å²) in [7, 11) is -9.55. The van der Waals surface area contributed by atoms with Gasteiger partial charge in [0, 0.05) is 41.3 Å². The van der Waals surface area contributed by atoms with E-state index in [0.717, 1.165) is 14.4 Å². The number of hydrogen-bond acceptors (Lipinski definition) is 8. The maximum atomic E-state index is 13.7. The number of nitrogens with zero attached hydrogens (tertiary/aromatic N) is 3. The summed E-state index contributed by atoms with van der Waals surface area (Å²) in [5.74, 6) is 0. The number of likely N-dealkylation sites (N-methyl/N-ethyl adjacent to an activating group) is 1. The molecule has 0 aliphatic heterocycles. The van der Waals surface area contributed by atoms with E-state index in [4.69, 9.17) is 11.6 Å². The Morgan fingerprint density at radius 2 is 1.76 bits per heavy atom. The zero-order chi connectivity index (χ0) is 30.2. The maximum Gasteiger partial charge on any atom is 0.489 e. The molecule has 42 heavy (non-hydrogen) atoms. The monoisotopic (exact) mass is 643 g/mol. The molecule has 5 aromatic rings. The van der Waals surface area contributed by atoms with Crippen LogP contribution in [0.5, 0.6) is 0 Å². The molecule has 0 amide bonds. The molecule has 3 heterocycles. The van der Waals surface area contributed by atoms with Gasteiger partial charge in [-0.05, 0) is 66.1 Å². The lowest BCUT2D eigenvalue weighted by Crippen LogP contribution is -2.33. The highest BCUT2D eigenvalue weighted by Gasteiger charge is 2.27. The number of sulfonamides is 1. The van der Waals surface area contributed by atoms with E-state index in [1.165, 1.54) is 52.3 Å². The summed E-state index contributed by atoms with van der Waals surface area (Å²) in [6, 6.07) is 16.0. The molecule has 3 aromatic heterocycles. The van der Waals surface area contributed by atoms with Gasteiger partial charge >= 0.3 is 7.12 Å². The van der Waals surface area contributed by atoms with Gasteiger partial charge in [0.25, 0.3) is 10.0 Å². The first-order chi connectivity index (χ1) is 19.9. The smallest absolute Gasteiger partial charge is 0.423 e. The van der Waals surface area contributed by atoms with Crippen LogP contribution in [0.15, 0.2) is 88.2 Å². The van der Waals surface area contributed by atoms with E-state index in [0.29, 0.717) is 28.4 Å². The van der Waals surface area contributed by atoms with Crippen molar-refractivity contribution < 1.29 is 26.9 Å². The van der Waals surface area contributed by atoms with Crippen LogP contribution in [-0.4, -0.2) is 60.4 Å². The van der Waals surface area contributed by atoms with Crippen LogP contribution in [0, 0.1) is 6.92 Å². The Balaban J connectivity index is 1.53. The summed E-state index contributed by atoms with van der Waals surface area (Å²) in [4.78, 5) is 5.27. The molecular formula is C28H27BClN3O6S3. The summed E-state index contributed by atoms with van der Waals surface area (Å²) in [6.45, 7) is 4.02. The van der Waals surface area contributed by atoms with Crippen LogP contribution >= 0.6 is 22.9 Å². The average Bonchev–Trinajstić information content (AvgIpc) is 3.60. The quantitative estimate of drug-likeness (QED) is 0.221. The Morgan fingerprint density at radius 1 is 1.02 bits per heavy atom. The Labute approximate surface area is 253 Å². The third-order valence-corrected chi connectivity index (χ3v) is 11.9. The Bertz CT molecular complexity index is 1970. The van der Waals surface area contributed by atoms with Crippen LogP contribution in [0.3, 0.4) is 0 Å². The lowest BCUT2D eigenvalue weighted by molar-refractivity contribution is 0.425. The third-order valence-electron chi connectivity index (χ3n) is 6.90. The minimum Gasteiger partial charge on any atom is -0.423 e. The highest BCUT2D eigenvalue weighted by molar-refractivity contribution is 7.90. The van der Waals surface area contributed by atoms with Gasteiger partial charge in [-0.15, -0.1) is 11.3 Å². The van der Waals surface area contributed by atoms with E-state index in [9.17, 15) is 26.9 Å². The normalized spacial score (nSPS) is 12.3. The van der Waals surface area contributed by atoms with Crippen LogP contribution in [-0.2, 0) is 26.5 Å². The van der Waals surface area contributed by atoms with Crippen molar-refractivity contribution in [3.63, 3.8) is 0 Å². The summed E-state index contributed by atoms with van der Waals surface area (Å²) in [5, 5.41) is 21.0. The predicted octanol–water partition coefficient (Wildman–Crippen LogP) is 3.90. The second kappa shape index (κ2) is 11.9. The van der Waals surface area contributed by atoms with Crippen molar-refractivity contribution in [2.75, 3.05) is 13.1 Å². The van der Waals surface area contributed by atoms with Gasteiger partial charge < -0.3 is 10.0 Å². The second-order valence-electron chi connectivity index (χ2n) is 9.64. The number of hydrogen-bond donors (Lipinski definition) is 2. The van der Waals surface area contributed by atoms with Crippen molar-refractivity contribution in [2.24, 2.45) is 0 Å². The number of aryl methyl sites for hydroxylation is 1. The van der Waals surface area contributed by atoms with Gasteiger partial charge in [-0.2, -0.15) is 4.31 Å². The van der Waals surface area contributed by atoms with Crippen molar-refractivity contribution in [3.8, 4) is 11.1 Å². The van der Waals surface area contributed by atoms with Gasteiger partial charge in [0.05, 0.1) is 14.8 Å². The van der Waals surface area contributed by atoms with Crippen molar-refractivity contribution in [1.29, 1.82) is 0 Å². The van der Waals surface area contributed by atoms with Gasteiger partial charge in [-0.25, -0.2) is 25.8 Å². The minimum atomic E-state index is -4.04. The summed E-state index contributed by atoms with van der Waals surface area (Å²) < 4.78 is 57.1. The van der Waals surface area contributed by atoms with E-state index >= 15 is 0 Å². The molecule has 0 aliphatic rings. The number of benzene rings is 2. The fourth-order valence-electron chi connectivity index (χ4n) is 4.63. The third kappa shape index (κ3) is 5.78. The molecule has 0 bridgehead atoms. The van der Waals surface area contributed by atoms with Crippen LogP contribution in [0.25, 0.3) is 22.2 Å². The van der Waals surface area contributed by atoms with Crippen LogP contribution in [0.2, 0.25) is 5.02 Å². The minimum absolute atomic E-state index is 0.0433. The molecule has 9 nitrogen and oxygen atoms in total. The van der Waals surface area contributed by atoms with Crippen LogP contribution < -0.4 is 5.46 Å². The molecule has 0 radical (unpaired) electrons. The zero-order valence-electron chi connectivity index (χ0n) is 22.7. The molecule has 0 saturated carbocycles. The largest absolute Gasteiger partial charge is 0.489 e. The molecule has 5 rings (SSSR count). The van der Waals surface area contributed by atoms with Crippen LogP contribution in [0.1, 0.15) is 17.4 Å². The summed E-state index contributed by atoms with van der Waals surface area (Å²) in [6.07, 6.45) is 3.25. The molecule has 0 fully saturated rings. The van der Waals surface area contributed by atoms with Gasteiger partial charge in [-0.3, -0.25) is 0 Å². The number of rotatable bonds is 10. The lowest BCUT2D eigenvalue weighted by atomic mass is 9.82. The van der Waals surface area contributed by atoms with E-state index < -0.39 is 27.2 Å². The SMILES string of the molecule is CCN(CCc1cc(B(O)O)cs1)S(=O)(=O)c1cccc(-c2cn(S(=O)(=O)c3ccc(C)cc3)c3nccc(Cl)c23)c1. The molecule has 2 N–H and O–H groups in total. The molecule has 0 aliphatic carbocycles. The molecule has 0 atom stereocenters. The number of thiophene rings is 1. The van der Waals surface area contributed by atoms with Crippen LogP contribution in [0.4, 0.5) is 0 Å². The Morgan fingerprint density at radius 3 is 2.43 bits per heavy atom. The predicted molar refractivity (Wildman–Crippen MR) is 166 cm³/mol. The topological polar surface area (TPSA) is 130 Å². The zero-order valence-corrected chi connectivity index (χ0v) is 25.9.